The molecular weight excluding hydrogens is 296 g/mol. The van der Waals surface area contributed by atoms with Gasteiger partial charge in [0.25, 0.3) is 5.91 Å². The number of amides is 1. The van der Waals surface area contributed by atoms with Gasteiger partial charge in [0.2, 0.25) is 0 Å². The van der Waals surface area contributed by atoms with E-state index in [0.29, 0.717) is 13.1 Å². The van der Waals surface area contributed by atoms with Crippen molar-refractivity contribution in [2.45, 2.75) is 51.1 Å². The Labute approximate surface area is 138 Å². The standard InChI is InChI=1S/C18H25ClN2O/c19-16-9-7-14(8-10-16)12-20-18(22)13-21-11-3-5-15-4-1-2-6-17(15)21/h7-10,15,17H,1-6,11-13H2,(H,20,22)/p+1/t15-,17-/m0/s1. The van der Waals surface area contributed by atoms with Gasteiger partial charge in [0.05, 0.1) is 12.6 Å². The molecule has 1 aromatic carbocycles. The van der Waals surface area contributed by atoms with E-state index in [2.05, 4.69) is 5.32 Å². The van der Waals surface area contributed by atoms with Crippen molar-refractivity contribution in [1.29, 1.82) is 0 Å². The third-order valence-corrected chi connectivity index (χ3v) is 5.55. The quantitative estimate of drug-likeness (QED) is 0.876. The van der Waals surface area contributed by atoms with Gasteiger partial charge in [-0.2, -0.15) is 0 Å². The minimum absolute atomic E-state index is 0.177. The number of fused-ring (bicyclic) bond motifs is 1. The van der Waals surface area contributed by atoms with Crippen molar-refractivity contribution >= 4 is 17.5 Å². The number of rotatable bonds is 4. The van der Waals surface area contributed by atoms with Crippen LogP contribution in [0.4, 0.5) is 0 Å². The molecule has 120 valence electrons. The second kappa shape index (κ2) is 7.47. The summed E-state index contributed by atoms with van der Waals surface area (Å²) in [5.41, 5.74) is 1.10. The summed E-state index contributed by atoms with van der Waals surface area (Å²) < 4.78 is 0. The van der Waals surface area contributed by atoms with Gasteiger partial charge in [-0.25, -0.2) is 0 Å². The van der Waals surface area contributed by atoms with Crippen LogP contribution in [0.2, 0.25) is 5.02 Å². The van der Waals surface area contributed by atoms with Crippen molar-refractivity contribution in [2.75, 3.05) is 13.1 Å². The Hall–Kier alpha value is -1.06. The number of halogens is 1. The molecule has 3 nitrogen and oxygen atoms in total. The van der Waals surface area contributed by atoms with Gasteiger partial charge >= 0.3 is 0 Å². The van der Waals surface area contributed by atoms with Gasteiger partial charge in [-0.3, -0.25) is 4.79 Å². The van der Waals surface area contributed by atoms with Gasteiger partial charge in [-0.05, 0) is 49.8 Å². The van der Waals surface area contributed by atoms with Crippen LogP contribution in [0.15, 0.2) is 24.3 Å². The van der Waals surface area contributed by atoms with Crippen LogP contribution in [0.3, 0.4) is 0 Å². The Balaban J connectivity index is 1.49. The number of benzene rings is 1. The van der Waals surface area contributed by atoms with Gasteiger partial charge in [0.15, 0.2) is 6.54 Å². The van der Waals surface area contributed by atoms with Crippen LogP contribution in [-0.4, -0.2) is 25.0 Å². The molecule has 1 aliphatic heterocycles. The van der Waals surface area contributed by atoms with E-state index in [4.69, 9.17) is 11.6 Å². The number of nitrogens with one attached hydrogen (secondary N) is 2. The molecule has 0 spiro atoms. The molecule has 1 heterocycles. The highest BCUT2D eigenvalue weighted by Gasteiger charge is 2.37. The minimum atomic E-state index is 0.177. The maximum atomic E-state index is 12.3. The number of likely N-dealkylation sites (tertiary alicyclic amines) is 1. The predicted molar refractivity (Wildman–Crippen MR) is 89.0 cm³/mol. The number of piperidine rings is 1. The molecule has 2 N–H and O–H groups in total. The fraction of sp³-hybridized carbons (Fsp3) is 0.611. The third-order valence-electron chi connectivity index (χ3n) is 5.30. The molecule has 3 rings (SSSR count). The maximum absolute atomic E-state index is 12.3. The Morgan fingerprint density at radius 2 is 1.86 bits per heavy atom. The summed E-state index contributed by atoms with van der Waals surface area (Å²) in [4.78, 5) is 13.8. The first-order chi connectivity index (χ1) is 10.7. The van der Waals surface area contributed by atoms with Gasteiger partial charge in [0.1, 0.15) is 0 Å². The molecule has 1 aliphatic carbocycles. The van der Waals surface area contributed by atoms with Crippen molar-refractivity contribution in [3.63, 3.8) is 0 Å². The average molecular weight is 322 g/mol. The summed E-state index contributed by atoms with van der Waals surface area (Å²) in [6, 6.07) is 8.39. The monoisotopic (exact) mass is 321 g/mol. The first kappa shape index (κ1) is 15.8. The number of quaternary nitrogens is 1. The van der Waals surface area contributed by atoms with E-state index in [-0.39, 0.29) is 5.91 Å². The highest BCUT2D eigenvalue weighted by molar-refractivity contribution is 6.30. The van der Waals surface area contributed by atoms with E-state index in [0.717, 1.165) is 29.1 Å². The first-order valence-electron chi connectivity index (χ1n) is 8.58. The zero-order chi connectivity index (χ0) is 15.4. The molecule has 0 bridgehead atoms. The second-order valence-electron chi connectivity index (χ2n) is 6.78. The summed E-state index contributed by atoms with van der Waals surface area (Å²) in [6.45, 7) is 2.39. The highest BCUT2D eigenvalue weighted by Crippen LogP contribution is 2.28. The average Bonchev–Trinajstić information content (AvgIpc) is 2.55. The maximum Gasteiger partial charge on any atom is 0.275 e. The lowest BCUT2D eigenvalue weighted by Crippen LogP contribution is -3.18. The third kappa shape index (κ3) is 4.02. The van der Waals surface area contributed by atoms with Crippen LogP contribution >= 0.6 is 11.6 Å². The van der Waals surface area contributed by atoms with Gasteiger partial charge in [-0.15, -0.1) is 0 Å². The van der Waals surface area contributed by atoms with Crippen molar-refractivity contribution in [3.05, 3.63) is 34.9 Å². The van der Waals surface area contributed by atoms with Gasteiger partial charge in [0, 0.05) is 17.5 Å². The van der Waals surface area contributed by atoms with E-state index in [1.54, 1.807) is 0 Å². The minimum Gasteiger partial charge on any atom is -0.347 e. The van der Waals surface area contributed by atoms with Crippen molar-refractivity contribution in [2.24, 2.45) is 5.92 Å². The van der Waals surface area contributed by atoms with E-state index in [9.17, 15) is 4.79 Å². The topological polar surface area (TPSA) is 33.5 Å². The van der Waals surface area contributed by atoms with E-state index in [1.165, 1.54) is 43.4 Å². The molecule has 1 aromatic rings. The van der Waals surface area contributed by atoms with Crippen LogP contribution < -0.4 is 10.2 Å². The lowest BCUT2D eigenvalue weighted by atomic mass is 9.78. The summed E-state index contributed by atoms with van der Waals surface area (Å²) >= 11 is 5.88. The number of hydrogen-bond acceptors (Lipinski definition) is 1. The number of carbonyl (C=O) groups excluding carboxylic acids is 1. The van der Waals surface area contributed by atoms with Crippen LogP contribution in [0, 0.1) is 5.92 Å². The molecule has 4 heteroatoms. The van der Waals surface area contributed by atoms with Crippen LogP contribution in [-0.2, 0) is 11.3 Å². The molecule has 2 fully saturated rings. The fourth-order valence-electron chi connectivity index (χ4n) is 4.16. The SMILES string of the molecule is O=C(C[NH+]1CCC[C@@H]2CCCC[C@@H]21)NCc1ccc(Cl)cc1. The van der Waals surface area contributed by atoms with Crippen LogP contribution in [0.25, 0.3) is 0 Å². The van der Waals surface area contributed by atoms with Crippen molar-refractivity contribution in [1.82, 2.24) is 5.32 Å². The molecule has 3 atom stereocenters. The molecule has 1 amide bonds. The lowest BCUT2D eigenvalue weighted by Gasteiger charge is -2.40. The van der Waals surface area contributed by atoms with Crippen LogP contribution in [0.1, 0.15) is 44.1 Å². The van der Waals surface area contributed by atoms with E-state index >= 15 is 0 Å². The molecule has 1 saturated heterocycles. The summed E-state index contributed by atoms with van der Waals surface area (Å²) in [5, 5.41) is 3.79. The Morgan fingerprint density at radius 1 is 1.14 bits per heavy atom. The predicted octanol–water partition coefficient (Wildman–Crippen LogP) is 2.19. The van der Waals surface area contributed by atoms with Crippen LogP contribution in [0.5, 0.6) is 0 Å². The normalized spacial score (nSPS) is 28.0. The fourth-order valence-corrected chi connectivity index (χ4v) is 4.28. The Morgan fingerprint density at radius 3 is 2.68 bits per heavy atom. The molecule has 1 saturated carbocycles. The summed E-state index contributed by atoms with van der Waals surface area (Å²) in [5.74, 6) is 1.04. The molecule has 22 heavy (non-hydrogen) atoms. The van der Waals surface area contributed by atoms with E-state index < -0.39 is 0 Å². The van der Waals surface area contributed by atoms with Gasteiger partial charge in [-0.1, -0.05) is 30.2 Å². The number of hydrogen-bond donors (Lipinski definition) is 2. The first-order valence-corrected chi connectivity index (χ1v) is 8.96. The molecule has 2 aliphatic rings. The Kier molecular flexibility index (Phi) is 5.37. The highest BCUT2D eigenvalue weighted by atomic mass is 35.5. The molecule has 1 unspecified atom stereocenters. The van der Waals surface area contributed by atoms with E-state index in [1.807, 2.05) is 24.3 Å². The molecular formula is C18H26ClN2O+. The Bertz CT molecular complexity index is 500. The van der Waals surface area contributed by atoms with Crippen molar-refractivity contribution in [3.8, 4) is 0 Å². The largest absolute Gasteiger partial charge is 0.347 e. The molecule has 0 aromatic heterocycles. The zero-order valence-corrected chi connectivity index (χ0v) is 13.9. The number of carbonyl (C=O) groups is 1. The molecule has 0 radical (unpaired) electrons. The summed E-state index contributed by atoms with van der Waals surface area (Å²) in [6.07, 6.45) is 8.07. The van der Waals surface area contributed by atoms with Crippen molar-refractivity contribution < 1.29 is 9.69 Å². The second-order valence-corrected chi connectivity index (χ2v) is 7.22. The smallest absolute Gasteiger partial charge is 0.275 e. The summed E-state index contributed by atoms with van der Waals surface area (Å²) in [7, 11) is 0. The van der Waals surface area contributed by atoms with Gasteiger partial charge < -0.3 is 10.2 Å². The zero-order valence-electron chi connectivity index (χ0n) is 13.1. The lowest BCUT2D eigenvalue weighted by molar-refractivity contribution is -0.928.